The van der Waals surface area contributed by atoms with Crippen molar-refractivity contribution in [2.75, 3.05) is 18.5 Å². The first-order chi connectivity index (χ1) is 14.7. The van der Waals surface area contributed by atoms with Gasteiger partial charge in [-0.25, -0.2) is 4.68 Å². The number of aromatic nitrogens is 2. The Morgan fingerprint density at radius 2 is 1.80 bits per heavy atom. The molecule has 1 N–H and O–H groups in total. The van der Waals surface area contributed by atoms with Crippen LogP contribution in [-0.4, -0.2) is 28.9 Å². The van der Waals surface area contributed by atoms with Gasteiger partial charge in [-0.15, -0.1) is 0 Å². The summed E-state index contributed by atoms with van der Waals surface area (Å²) >= 11 is 0. The van der Waals surface area contributed by atoms with Gasteiger partial charge in [0.15, 0.2) is 17.3 Å². The van der Waals surface area contributed by atoms with E-state index in [0.29, 0.717) is 47.4 Å². The molecule has 0 spiro atoms. The van der Waals surface area contributed by atoms with E-state index in [1.807, 2.05) is 49.4 Å². The van der Waals surface area contributed by atoms with E-state index in [1.54, 1.807) is 29.1 Å². The zero-order valence-electron chi connectivity index (χ0n) is 16.3. The van der Waals surface area contributed by atoms with Crippen molar-refractivity contribution in [3.05, 3.63) is 78.2 Å². The number of carbonyl (C=O) groups is 1. The number of carbonyl (C=O) groups excluding carboxylic acids is 1. The van der Waals surface area contributed by atoms with Crippen LogP contribution in [0.15, 0.2) is 71.3 Å². The van der Waals surface area contributed by atoms with E-state index in [2.05, 4.69) is 10.4 Å². The second kappa shape index (κ2) is 7.44. The van der Waals surface area contributed by atoms with Gasteiger partial charge >= 0.3 is 0 Å². The minimum absolute atomic E-state index is 0.294. The zero-order chi connectivity index (χ0) is 20.5. The van der Waals surface area contributed by atoms with Crippen molar-refractivity contribution in [1.29, 1.82) is 0 Å². The lowest BCUT2D eigenvalue weighted by Crippen LogP contribution is -2.16. The summed E-state index contributed by atoms with van der Waals surface area (Å²) in [5.41, 5.74) is 2.34. The molecule has 0 saturated heterocycles. The molecule has 30 heavy (non-hydrogen) atoms. The molecule has 0 saturated carbocycles. The van der Waals surface area contributed by atoms with Crippen LogP contribution in [0.3, 0.4) is 0 Å². The van der Waals surface area contributed by atoms with Gasteiger partial charge in [0, 0.05) is 18.0 Å². The Morgan fingerprint density at radius 3 is 2.57 bits per heavy atom. The van der Waals surface area contributed by atoms with E-state index in [9.17, 15) is 4.79 Å². The van der Waals surface area contributed by atoms with Gasteiger partial charge in [0.1, 0.15) is 24.7 Å². The van der Waals surface area contributed by atoms with Crippen LogP contribution in [0.2, 0.25) is 0 Å². The Morgan fingerprint density at radius 1 is 1.00 bits per heavy atom. The Bertz CT molecular complexity index is 1210. The fraction of sp³-hybridized carbons (Fsp3) is 0.130. The number of nitrogens with zero attached hydrogens (tertiary/aromatic N) is 2. The van der Waals surface area contributed by atoms with Crippen molar-refractivity contribution in [2.24, 2.45) is 0 Å². The molecule has 5 rings (SSSR count). The van der Waals surface area contributed by atoms with Crippen LogP contribution in [0, 0.1) is 6.92 Å². The Labute approximate surface area is 172 Å². The second-order valence-electron chi connectivity index (χ2n) is 6.89. The Kier molecular flexibility index (Phi) is 4.48. The molecule has 1 amide bonds. The number of hydrogen-bond donors (Lipinski definition) is 1. The van der Waals surface area contributed by atoms with Crippen molar-refractivity contribution in [3.8, 4) is 28.6 Å². The summed E-state index contributed by atoms with van der Waals surface area (Å²) in [7, 11) is 0. The average molecular weight is 401 g/mol. The summed E-state index contributed by atoms with van der Waals surface area (Å²) in [4.78, 5) is 13.1. The minimum atomic E-state index is -0.294. The number of fused-ring (bicyclic) bond motifs is 1. The van der Waals surface area contributed by atoms with E-state index in [0.717, 1.165) is 11.4 Å². The maximum atomic E-state index is 13.1. The fourth-order valence-electron chi connectivity index (χ4n) is 3.32. The molecule has 0 bridgehead atoms. The summed E-state index contributed by atoms with van der Waals surface area (Å²) in [6, 6.07) is 18.6. The van der Waals surface area contributed by atoms with Crippen LogP contribution in [0.4, 0.5) is 5.69 Å². The Hall–Kier alpha value is -4.00. The number of anilines is 1. The zero-order valence-corrected chi connectivity index (χ0v) is 16.3. The van der Waals surface area contributed by atoms with Crippen molar-refractivity contribution < 1.29 is 18.7 Å². The van der Waals surface area contributed by atoms with Gasteiger partial charge in [0.05, 0.1) is 11.3 Å². The van der Waals surface area contributed by atoms with Crippen molar-refractivity contribution in [1.82, 2.24) is 9.78 Å². The lowest BCUT2D eigenvalue weighted by Gasteiger charge is -2.18. The topological polar surface area (TPSA) is 78.5 Å². The molecule has 3 heterocycles. The molecule has 7 nitrogen and oxygen atoms in total. The highest BCUT2D eigenvalue weighted by Gasteiger charge is 2.22. The first-order valence-electron chi connectivity index (χ1n) is 9.60. The van der Waals surface area contributed by atoms with Crippen LogP contribution < -0.4 is 14.8 Å². The van der Waals surface area contributed by atoms with Crippen LogP contribution in [0.5, 0.6) is 11.5 Å². The SMILES string of the molecule is Cc1ccc(-c2nn(-c3ccccc3)cc2C(=O)Nc2ccc3c(c2)OCCO3)o1. The van der Waals surface area contributed by atoms with Crippen LogP contribution >= 0.6 is 0 Å². The molecule has 0 unspecified atom stereocenters. The summed E-state index contributed by atoms with van der Waals surface area (Å²) in [6.07, 6.45) is 1.70. The minimum Gasteiger partial charge on any atom is -0.486 e. The average Bonchev–Trinajstić information content (AvgIpc) is 3.41. The molecule has 0 aliphatic carbocycles. The monoisotopic (exact) mass is 401 g/mol. The highest BCUT2D eigenvalue weighted by Crippen LogP contribution is 2.33. The number of hydrogen-bond acceptors (Lipinski definition) is 5. The molecule has 4 aromatic rings. The molecule has 0 radical (unpaired) electrons. The van der Waals surface area contributed by atoms with E-state index >= 15 is 0 Å². The fourth-order valence-corrected chi connectivity index (χ4v) is 3.32. The number of ether oxygens (including phenoxy) is 2. The first kappa shape index (κ1) is 18.1. The van der Waals surface area contributed by atoms with Gasteiger partial charge in [-0.05, 0) is 43.3 Å². The molecule has 150 valence electrons. The number of benzene rings is 2. The highest BCUT2D eigenvalue weighted by molar-refractivity contribution is 6.08. The molecule has 1 aliphatic rings. The molecule has 1 aliphatic heterocycles. The largest absolute Gasteiger partial charge is 0.486 e. The molecule has 7 heteroatoms. The molecular formula is C23H19N3O4. The van der Waals surface area contributed by atoms with Gasteiger partial charge in [0.2, 0.25) is 0 Å². The standard InChI is InChI=1S/C23H19N3O4/c1-15-7-9-20(30-15)22-18(14-26(25-22)17-5-3-2-4-6-17)23(27)24-16-8-10-19-21(13-16)29-12-11-28-19/h2-10,13-14H,11-12H2,1H3,(H,24,27). The van der Waals surface area contributed by atoms with Crippen molar-refractivity contribution in [2.45, 2.75) is 6.92 Å². The lowest BCUT2D eigenvalue weighted by molar-refractivity contribution is 0.102. The smallest absolute Gasteiger partial charge is 0.259 e. The third-order valence-corrected chi connectivity index (χ3v) is 4.75. The normalized spacial score (nSPS) is 12.6. The summed E-state index contributed by atoms with van der Waals surface area (Å²) in [6.45, 7) is 2.85. The highest BCUT2D eigenvalue weighted by atomic mass is 16.6. The predicted molar refractivity (Wildman–Crippen MR) is 111 cm³/mol. The number of para-hydroxylation sites is 1. The van der Waals surface area contributed by atoms with E-state index < -0.39 is 0 Å². The summed E-state index contributed by atoms with van der Waals surface area (Å²) in [5.74, 6) is 2.27. The van der Waals surface area contributed by atoms with Crippen LogP contribution in [0.1, 0.15) is 16.1 Å². The quantitative estimate of drug-likeness (QED) is 0.546. The van der Waals surface area contributed by atoms with Gasteiger partial charge in [-0.2, -0.15) is 5.10 Å². The summed E-state index contributed by atoms with van der Waals surface area (Å²) < 4.78 is 18.6. The van der Waals surface area contributed by atoms with Crippen molar-refractivity contribution >= 4 is 11.6 Å². The van der Waals surface area contributed by atoms with E-state index in [-0.39, 0.29) is 5.91 Å². The molecule has 2 aromatic heterocycles. The molecule has 2 aromatic carbocycles. The lowest BCUT2D eigenvalue weighted by atomic mass is 10.2. The third kappa shape index (κ3) is 3.41. The maximum absolute atomic E-state index is 13.1. The van der Waals surface area contributed by atoms with Gasteiger partial charge < -0.3 is 19.2 Å². The van der Waals surface area contributed by atoms with E-state index in [1.165, 1.54) is 0 Å². The maximum Gasteiger partial charge on any atom is 0.259 e. The Balaban J connectivity index is 1.50. The van der Waals surface area contributed by atoms with Gasteiger partial charge in [-0.3, -0.25) is 4.79 Å². The number of aryl methyl sites for hydroxylation is 1. The number of furan rings is 1. The number of rotatable bonds is 4. The van der Waals surface area contributed by atoms with Gasteiger partial charge in [-0.1, -0.05) is 18.2 Å². The second-order valence-corrected chi connectivity index (χ2v) is 6.89. The number of nitrogens with one attached hydrogen (secondary N) is 1. The third-order valence-electron chi connectivity index (χ3n) is 4.75. The molecule has 0 fully saturated rings. The van der Waals surface area contributed by atoms with Gasteiger partial charge in [0.25, 0.3) is 5.91 Å². The van der Waals surface area contributed by atoms with Crippen LogP contribution in [-0.2, 0) is 0 Å². The van der Waals surface area contributed by atoms with E-state index in [4.69, 9.17) is 13.9 Å². The van der Waals surface area contributed by atoms with Crippen molar-refractivity contribution in [3.63, 3.8) is 0 Å². The molecule has 0 atom stereocenters. The van der Waals surface area contributed by atoms with Crippen LogP contribution in [0.25, 0.3) is 17.1 Å². The summed E-state index contributed by atoms with van der Waals surface area (Å²) in [5, 5.41) is 7.53. The molecular weight excluding hydrogens is 382 g/mol. The number of amides is 1. The predicted octanol–water partition coefficient (Wildman–Crippen LogP) is 4.46. The first-order valence-corrected chi connectivity index (χ1v) is 9.60.